The number of carbonyl (C=O) groups excluding carboxylic acids is 4. The molecule has 0 fully saturated rings. The molecule has 0 heterocycles. The molecule has 712 valence electrons. The number of aromatic hydroxyl groups is 2. The lowest BCUT2D eigenvalue weighted by atomic mass is 9.84. The second-order valence-corrected chi connectivity index (χ2v) is 36.0. The van der Waals surface area contributed by atoms with Crippen molar-refractivity contribution in [3.63, 3.8) is 0 Å². The number of aliphatic hydroxyl groups excluding tert-OH is 8. The number of phenols is 2. The van der Waals surface area contributed by atoms with Crippen LogP contribution in [0.2, 0.25) is 0 Å². The Labute approximate surface area is 806 Å². The van der Waals surface area contributed by atoms with Gasteiger partial charge in [-0.2, -0.15) is 0 Å². The van der Waals surface area contributed by atoms with Crippen LogP contribution < -0.4 is 0 Å². The van der Waals surface area contributed by atoms with Gasteiger partial charge in [-0.05, 0) is 276 Å². The number of para-hydroxylation sites is 1. The Morgan fingerprint density at radius 2 is 0.971 bits per heavy atom. The van der Waals surface area contributed by atoms with E-state index >= 15 is 0 Å². The largest absolute Gasteiger partial charge is 0.512 e. The molecular formula is C122H140O14. The van der Waals surface area contributed by atoms with E-state index in [4.69, 9.17) is 35.7 Å². The van der Waals surface area contributed by atoms with Gasteiger partial charge in [-0.15, -0.1) is 0 Å². The van der Waals surface area contributed by atoms with E-state index in [-0.39, 0.29) is 47.6 Å². The zero-order valence-electron chi connectivity index (χ0n) is 81.6. The van der Waals surface area contributed by atoms with E-state index in [0.717, 1.165) is 201 Å². The van der Waals surface area contributed by atoms with E-state index in [0.29, 0.717) is 63.7 Å². The minimum atomic E-state index is -0.369. The van der Waals surface area contributed by atoms with Crippen molar-refractivity contribution >= 4 is 52.1 Å². The second-order valence-electron chi connectivity index (χ2n) is 36.0. The quantitative estimate of drug-likeness (QED) is 0.0633. The van der Waals surface area contributed by atoms with Crippen molar-refractivity contribution in [1.82, 2.24) is 0 Å². The number of hydrogen-bond acceptors (Lipinski definition) is 14. The van der Waals surface area contributed by atoms with Gasteiger partial charge in [-0.1, -0.05) is 320 Å². The van der Waals surface area contributed by atoms with Crippen LogP contribution in [0.15, 0.2) is 365 Å². The van der Waals surface area contributed by atoms with Crippen LogP contribution in [-0.4, -0.2) is 80.3 Å². The summed E-state index contributed by atoms with van der Waals surface area (Å²) >= 11 is 0. The van der Waals surface area contributed by atoms with Crippen LogP contribution in [0.5, 0.6) is 11.5 Å². The minimum Gasteiger partial charge on any atom is -0.512 e. The summed E-state index contributed by atoms with van der Waals surface area (Å²) in [6.45, 7) is 27.3. The molecule has 10 N–H and O–H groups in total. The third-order valence-electron chi connectivity index (χ3n) is 25.0. The first-order chi connectivity index (χ1) is 65.1. The molecule has 0 bridgehead atoms. The highest BCUT2D eigenvalue weighted by molar-refractivity contribution is 6.17. The molecule has 8 unspecified atom stereocenters. The lowest BCUT2D eigenvalue weighted by molar-refractivity contribution is 0.0911. The first kappa shape index (κ1) is 108. The normalized spacial score (nSPS) is 20.1. The highest BCUT2D eigenvalue weighted by Gasteiger charge is 2.29. The number of aliphatic hydroxyl groups is 8. The lowest BCUT2D eigenvalue weighted by Gasteiger charge is -2.19. The fourth-order valence-corrected chi connectivity index (χ4v) is 15.9. The average molecular weight is 1830 g/mol. The van der Waals surface area contributed by atoms with E-state index in [1.165, 1.54) is 16.7 Å². The Bertz CT molecular complexity index is 5960. The van der Waals surface area contributed by atoms with Crippen LogP contribution in [-0.2, 0) is 19.3 Å². The topological polar surface area (TPSA) is 271 Å². The number of rotatable bonds is 0. The zero-order valence-corrected chi connectivity index (χ0v) is 81.6. The van der Waals surface area contributed by atoms with Gasteiger partial charge < -0.3 is 51.1 Å². The molecular weight excluding hydrogens is 1690 g/mol. The third-order valence-corrected chi connectivity index (χ3v) is 25.0. The van der Waals surface area contributed by atoms with E-state index in [2.05, 4.69) is 43.4 Å². The maximum Gasteiger partial charge on any atom is 0.189 e. The molecule has 12 aliphatic carbocycles. The van der Waals surface area contributed by atoms with E-state index in [1.807, 2.05) is 351 Å². The molecule has 0 spiro atoms. The Hall–Kier alpha value is -13.5. The van der Waals surface area contributed by atoms with E-state index in [9.17, 15) is 34.5 Å². The maximum atomic E-state index is 11.6. The second kappa shape index (κ2) is 55.4. The first-order valence-electron chi connectivity index (χ1n) is 47.4. The van der Waals surface area contributed by atoms with Gasteiger partial charge in [0, 0.05) is 64.2 Å². The predicted octanol–water partition coefficient (Wildman–Crippen LogP) is 29.9. The van der Waals surface area contributed by atoms with Crippen molar-refractivity contribution in [1.29, 1.82) is 0 Å². The van der Waals surface area contributed by atoms with Crippen molar-refractivity contribution < 1.29 is 70.2 Å². The summed E-state index contributed by atoms with van der Waals surface area (Å²) in [5, 5.41) is 93.8. The number of Topliss-reactive ketones (excluding diaryl/α,β-unsaturated/α-hetero) is 4. The molecule has 0 aliphatic heterocycles. The van der Waals surface area contributed by atoms with Crippen molar-refractivity contribution in [3.8, 4) is 11.5 Å². The molecule has 0 radical (unpaired) electrons. The van der Waals surface area contributed by atoms with Crippen LogP contribution >= 0.6 is 0 Å². The van der Waals surface area contributed by atoms with Crippen LogP contribution in [0.25, 0.3) is 29.0 Å². The van der Waals surface area contributed by atoms with Gasteiger partial charge in [0.05, 0.1) is 29.5 Å². The number of hydrogen-bond donors (Lipinski definition) is 10. The summed E-state index contributed by atoms with van der Waals surface area (Å²) in [5.41, 5.74) is 21.7. The van der Waals surface area contributed by atoms with Crippen LogP contribution in [0.3, 0.4) is 0 Å². The van der Waals surface area contributed by atoms with E-state index in [1.54, 1.807) is 18.2 Å². The molecule has 136 heavy (non-hydrogen) atoms. The molecule has 21 rings (SSSR count). The summed E-state index contributed by atoms with van der Waals surface area (Å²) in [5.74, 6) is 5.49. The van der Waals surface area contributed by atoms with Gasteiger partial charge in [0.1, 0.15) is 29.1 Å². The number of ketones is 4. The van der Waals surface area contributed by atoms with Crippen molar-refractivity contribution in [2.45, 2.75) is 205 Å². The molecule has 9 aromatic carbocycles. The van der Waals surface area contributed by atoms with Crippen molar-refractivity contribution in [2.75, 3.05) is 0 Å². The maximum absolute atomic E-state index is 11.6. The number of phenolic OH excluding ortho intramolecular Hbond substituents is 2. The average Bonchev–Trinajstić information content (AvgIpc) is 1.79. The highest BCUT2D eigenvalue weighted by atomic mass is 16.3. The molecule has 12 aliphatic rings. The van der Waals surface area contributed by atoms with Gasteiger partial charge in [0.15, 0.2) is 23.1 Å². The summed E-state index contributed by atoms with van der Waals surface area (Å²) in [6.07, 6.45) is 47.9. The van der Waals surface area contributed by atoms with Gasteiger partial charge in [0.2, 0.25) is 0 Å². The Morgan fingerprint density at radius 1 is 0.390 bits per heavy atom. The molecule has 9 aromatic rings. The van der Waals surface area contributed by atoms with Gasteiger partial charge in [-0.25, -0.2) is 0 Å². The fourth-order valence-electron chi connectivity index (χ4n) is 15.9. The van der Waals surface area contributed by atoms with Crippen LogP contribution in [0.4, 0.5) is 0 Å². The molecule has 8 atom stereocenters. The standard InChI is InChI=1S/C11H12O.2C11H10O.C10H12O.2C10H10O.C10H8O.6C7H10O.C7H8O/c3*1-8-6-7-9-4-2-3-5-10(9)11(8)12;4*1-7-6-8-4-2-3-5-9(8)10(7)11;7*1-6-4-2-3-5-7(6)8/h2-5,8H,6-7H2,1H3;2-7,12H,1H3;2-8H,1H3;2-5,7,10-11H,6H2,1H3;2-5,7H,6H2,1H3;2-6,10-11H,1H3;2-6H,1H3;4-5,8H,2-3H2,1H3;3,5,8H,2,4H2,1H3;3-5,7-8H,2H2,1H3;2,4,8H,3,5H2,1H3;2-3,8H,4-5H2,1H3;2-3,5-6,8H,4H2,1H3;2-5,8H,1H3. The predicted molar refractivity (Wildman–Crippen MR) is 560 cm³/mol. The van der Waals surface area contributed by atoms with Gasteiger partial charge in [0.25, 0.3) is 0 Å². The van der Waals surface area contributed by atoms with Gasteiger partial charge in [-0.3, -0.25) is 19.2 Å². The first-order valence-corrected chi connectivity index (χ1v) is 47.4. The summed E-state index contributed by atoms with van der Waals surface area (Å²) in [6, 6.07) is 66.3. The molecule has 0 amide bonds. The Kier molecular flexibility index (Phi) is 43.9. The summed E-state index contributed by atoms with van der Waals surface area (Å²) < 4.78 is 0. The third kappa shape index (κ3) is 33.2. The molecule has 0 aromatic heterocycles. The Balaban J connectivity index is 0.000000181. The highest BCUT2D eigenvalue weighted by Crippen LogP contribution is 2.37. The molecule has 14 heteroatoms. The van der Waals surface area contributed by atoms with Crippen LogP contribution in [0, 0.1) is 43.4 Å². The summed E-state index contributed by atoms with van der Waals surface area (Å²) in [4.78, 5) is 45.9. The number of benzene rings is 9. The molecule has 0 saturated heterocycles. The van der Waals surface area contributed by atoms with Crippen LogP contribution in [0.1, 0.15) is 263 Å². The van der Waals surface area contributed by atoms with Crippen molar-refractivity contribution in [2.24, 2.45) is 29.6 Å². The number of carbonyl (C=O) groups is 4. The summed E-state index contributed by atoms with van der Waals surface area (Å²) in [7, 11) is 0. The fraction of sp³-hybridized carbons (Fsp3) is 0.295. The van der Waals surface area contributed by atoms with Gasteiger partial charge >= 0.3 is 0 Å². The zero-order chi connectivity index (χ0) is 98.9. The number of allylic oxidation sites excluding steroid dienone is 21. The molecule has 14 nitrogen and oxygen atoms in total. The van der Waals surface area contributed by atoms with E-state index < -0.39 is 0 Å². The molecule has 0 saturated carbocycles. The van der Waals surface area contributed by atoms with Crippen molar-refractivity contribution in [3.05, 3.63) is 443 Å². The minimum absolute atomic E-state index is 0.0416. The smallest absolute Gasteiger partial charge is 0.189 e. The Morgan fingerprint density at radius 3 is 1.51 bits per heavy atom. The monoisotopic (exact) mass is 1830 g/mol. The SMILES string of the molecule is CC1=C(O)C=CCC1.CC1=C(O)CC=CC1.CC1=C(O)CCC=C1.CC1=CCC=CC1O.CC1=CCCC=C1O.CC1=Cc2ccccc2C1=O.CC1=Cc2ccccc2C1O.CC1C=Cc2ccccc2C1=O.CC1CC=CC=C1O.CC1CCc2ccccc2C1=O.CC1Cc2ccccc2C1=O.CC1Cc2ccccc2C1O.Cc1ccc2ccccc2c1O.Cc1ccccc1O. The number of aryl methyl sites for hydroxylation is 3. The lowest BCUT2D eigenvalue weighted by Crippen LogP contribution is -2.19. The number of fused-ring (bicyclic) bond motifs is 7.